The van der Waals surface area contributed by atoms with Crippen molar-refractivity contribution in [2.45, 2.75) is 12.4 Å². The van der Waals surface area contributed by atoms with Gasteiger partial charge >= 0.3 is 12.4 Å². The van der Waals surface area contributed by atoms with Crippen molar-refractivity contribution in [1.29, 1.82) is 5.26 Å². The van der Waals surface area contributed by atoms with Gasteiger partial charge in [0.1, 0.15) is 5.82 Å². The lowest BCUT2D eigenvalue weighted by atomic mass is 9.92. The van der Waals surface area contributed by atoms with Gasteiger partial charge < -0.3 is 9.80 Å². The lowest BCUT2D eigenvalue weighted by molar-refractivity contribution is -0.138. The van der Waals surface area contributed by atoms with Gasteiger partial charge in [0.2, 0.25) is 0 Å². The third-order valence-corrected chi connectivity index (χ3v) is 6.48. The fourth-order valence-corrected chi connectivity index (χ4v) is 4.61. The molecule has 1 aliphatic heterocycles. The molecule has 1 amide bonds. The molecule has 38 heavy (non-hydrogen) atoms. The van der Waals surface area contributed by atoms with E-state index in [1.165, 1.54) is 17.2 Å². The van der Waals surface area contributed by atoms with E-state index in [4.69, 9.17) is 23.2 Å². The van der Waals surface area contributed by atoms with Gasteiger partial charge in [-0.25, -0.2) is 4.98 Å². The number of carbonyl (C=O) groups is 1. The molecular formula is C25H16Cl2F6N4O. The molecule has 0 N–H and O–H groups in total. The Bertz CT molecular complexity index is 1410. The molecule has 1 fully saturated rings. The number of alkyl halides is 6. The van der Waals surface area contributed by atoms with Crippen LogP contribution in [0.2, 0.25) is 10.0 Å². The number of amides is 1. The zero-order chi connectivity index (χ0) is 27.8. The van der Waals surface area contributed by atoms with Gasteiger partial charge in [-0.2, -0.15) is 31.6 Å². The lowest BCUT2D eigenvalue weighted by Gasteiger charge is -2.36. The Labute approximate surface area is 222 Å². The Kier molecular flexibility index (Phi) is 7.50. The summed E-state index contributed by atoms with van der Waals surface area (Å²) in [5.74, 6) is -0.505. The van der Waals surface area contributed by atoms with Crippen LogP contribution in [0.25, 0.3) is 11.1 Å². The Morgan fingerprint density at radius 3 is 2.08 bits per heavy atom. The highest BCUT2D eigenvalue weighted by Gasteiger charge is 2.38. The van der Waals surface area contributed by atoms with E-state index in [1.807, 2.05) is 0 Å². The van der Waals surface area contributed by atoms with E-state index in [9.17, 15) is 36.4 Å². The summed E-state index contributed by atoms with van der Waals surface area (Å²) in [5.41, 5.74) is -3.55. The second kappa shape index (κ2) is 10.3. The first-order chi connectivity index (χ1) is 17.8. The van der Waals surface area contributed by atoms with Gasteiger partial charge in [-0.05, 0) is 35.9 Å². The molecule has 13 heteroatoms. The van der Waals surface area contributed by atoms with Crippen molar-refractivity contribution in [3.8, 4) is 17.2 Å². The van der Waals surface area contributed by atoms with Gasteiger partial charge in [0.25, 0.3) is 5.91 Å². The van der Waals surface area contributed by atoms with Crippen LogP contribution in [-0.2, 0) is 12.4 Å². The van der Waals surface area contributed by atoms with Gasteiger partial charge in [-0.1, -0.05) is 35.3 Å². The summed E-state index contributed by atoms with van der Waals surface area (Å²) >= 11 is 12.0. The number of benzene rings is 2. The Morgan fingerprint density at radius 2 is 1.55 bits per heavy atom. The fraction of sp³-hybridized carbons (Fsp3) is 0.240. The molecular weight excluding hydrogens is 557 g/mol. The van der Waals surface area contributed by atoms with Crippen LogP contribution in [0.1, 0.15) is 27.0 Å². The van der Waals surface area contributed by atoms with Crippen LogP contribution in [0.4, 0.5) is 32.2 Å². The molecule has 1 saturated heterocycles. The summed E-state index contributed by atoms with van der Waals surface area (Å²) < 4.78 is 80.8. The van der Waals surface area contributed by atoms with Crippen molar-refractivity contribution < 1.29 is 31.1 Å². The number of piperazine rings is 1. The molecule has 3 aromatic rings. The predicted molar refractivity (Wildman–Crippen MR) is 129 cm³/mol. The molecule has 198 valence electrons. The van der Waals surface area contributed by atoms with Crippen molar-refractivity contribution in [2.75, 3.05) is 31.1 Å². The maximum Gasteiger partial charge on any atom is 0.417 e. The maximum absolute atomic E-state index is 14.0. The number of aromatic nitrogens is 1. The average Bonchev–Trinajstić information content (AvgIpc) is 2.86. The van der Waals surface area contributed by atoms with E-state index in [-0.39, 0.29) is 47.9 Å². The SMILES string of the molecule is N#Cc1cc(C(=O)N2CCN(c3ncc(Cl)cc3Cl)CC2)c(C(F)(F)F)cc1-c1ccc(C(F)(F)F)cc1. The minimum absolute atomic E-state index is 0.0278. The fourth-order valence-electron chi connectivity index (χ4n) is 4.11. The van der Waals surface area contributed by atoms with Gasteiger partial charge in [0.05, 0.1) is 38.4 Å². The molecule has 2 aromatic carbocycles. The first-order valence-electron chi connectivity index (χ1n) is 11.0. The molecule has 0 radical (unpaired) electrons. The van der Waals surface area contributed by atoms with Crippen molar-refractivity contribution in [2.24, 2.45) is 0 Å². The number of hydrogen-bond donors (Lipinski definition) is 0. The first kappa shape index (κ1) is 27.5. The molecule has 0 atom stereocenters. The topological polar surface area (TPSA) is 60.2 Å². The molecule has 4 rings (SSSR count). The van der Waals surface area contributed by atoms with Crippen LogP contribution in [-0.4, -0.2) is 42.0 Å². The highest BCUT2D eigenvalue weighted by Crippen LogP contribution is 2.38. The zero-order valence-corrected chi connectivity index (χ0v) is 20.7. The summed E-state index contributed by atoms with van der Waals surface area (Å²) in [4.78, 5) is 20.4. The molecule has 5 nitrogen and oxygen atoms in total. The largest absolute Gasteiger partial charge is 0.417 e. The number of rotatable bonds is 3. The summed E-state index contributed by atoms with van der Waals surface area (Å²) in [6, 6.07) is 8.10. The van der Waals surface area contributed by atoms with Crippen LogP contribution < -0.4 is 4.90 Å². The standard InChI is InChI=1S/C25H16Cl2F6N4O/c26-17-10-21(27)22(35-13-17)36-5-7-37(8-6-36)23(38)19-9-15(12-34)18(11-20(19)25(31,32)33)14-1-3-16(4-2-14)24(28,29)30/h1-4,9-11,13H,5-8H2. The van der Waals surface area contributed by atoms with Crippen LogP contribution >= 0.6 is 23.2 Å². The predicted octanol–water partition coefficient (Wildman–Crippen LogP) is 6.93. The molecule has 1 aromatic heterocycles. The number of pyridine rings is 1. The maximum atomic E-state index is 14.0. The van der Waals surface area contributed by atoms with Crippen molar-refractivity contribution >= 4 is 34.9 Å². The summed E-state index contributed by atoms with van der Waals surface area (Å²) in [7, 11) is 0. The molecule has 0 aliphatic carbocycles. The highest BCUT2D eigenvalue weighted by molar-refractivity contribution is 6.36. The van der Waals surface area contributed by atoms with Gasteiger partial charge in [0.15, 0.2) is 0 Å². The Morgan fingerprint density at radius 1 is 0.921 bits per heavy atom. The van der Waals surface area contributed by atoms with E-state index >= 15 is 0 Å². The van der Waals surface area contributed by atoms with Gasteiger partial charge in [-0.3, -0.25) is 4.79 Å². The van der Waals surface area contributed by atoms with Crippen LogP contribution in [0, 0.1) is 11.3 Å². The minimum atomic E-state index is -4.97. The average molecular weight is 573 g/mol. The van der Waals surface area contributed by atoms with Crippen molar-refractivity contribution in [3.05, 3.63) is 81.0 Å². The summed E-state index contributed by atoms with van der Waals surface area (Å²) in [6.45, 7) is 0.574. The highest BCUT2D eigenvalue weighted by atomic mass is 35.5. The molecule has 0 spiro atoms. The lowest BCUT2D eigenvalue weighted by Crippen LogP contribution is -2.49. The van der Waals surface area contributed by atoms with E-state index in [1.54, 1.807) is 11.0 Å². The number of halogens is 8. The van der Waals surface area contributed by atoms with Gasteiger partial charge in [0, 0.05) is 37.9 Å². The van der Waals surface area contributed by atoms with Crippen LogP contribution in [0.3, 0.4) is 0 Å². The normalized spacial score (nSPS) is 14.4. The number of carbonyl (C=O) groups excluding carboxylic acids is 1. The smallest absolute Gasteiger partial charge is 0.352 e. The molecule has 2 heterocycles. The number of anilines is 1. The molecule has 0 saturated carbocycles. The van der Waals surface area contributed by atoms with E-state index < -0.39 is 35.0 Å². The van der Waals surface area contributed by atoms with Crippen molar-refractivity contribution in [3.63, 3.8) is 0 Å². The summed E-state index contributed by atoms with van der Waals surface area (Å²) in [5, 5.41) is 10.2. The molecule has 0 bridgehead atoms. The minimum Gasteiger partial charge on any atom is -0.352 e. The quantitative estimate of drug-likeness (QED) is 0.319. The number of nitrogens with zero attached hydrogens (tertiary/aromatic N) is 4. The monoisotopic (exact) mass is 572 g/mol. The second-order valence-corrected chi connectivity index (χ2v) is 9.21. The Hall–Kier alpha value is -3.49. The zero-order valence-electron chi connectivity index (χ0n) is 19.2. The number of nitriles is 1. The molecule has 1 aliphatic rings. The second-order valence-electron chi connectivity index (χ2n) is 8.37. The Balaban J connectivity index is 1.65. The molecule has 0 unspecified atom stereocenters. The van der Waals surface area contributed by atoms with E-state index in [0.717, 1.165) is 18.2 Å². The number of hydrogen-bond acceptors (Lipinski definition) is 4. The van der Waals surface area contributed by atoms with Crippen molar-refractivity contribution in [1.82, 2.24) is 9.88 Å². The third kappa shape index (κ3) is 5.66. The first-order valence-corrected chi connectivity index (χ1v) is 11.7. The third-order valence-electron chi connectivity index (χ3n) is 5.99. The van der Waals surface area contributed by atoms with E-state index in [0.29, 0.717) is 29.0 Å². The van der Waals surface area contributed by atoms with Crippen LogP contribution in [0.5, 0.6) is 0 Å². The van der Waals surface area contributed by atoms with E-state index in [2.05, 4.69) is 4.98 Å². The van der Waals surface area contributed by atoms with Crippen LogP contribution in [0.15, 0.2) is 48.7 Å². The van der Waals surface area contributed by atoms with Gasteiger partial charge in [-0.15, -0.1) is 0 Å². The summed E-state index contributed by atoms with van der Waals surface area (Å²) in [6.07, 6.45) is -8.21.